The van der Waals surface area contributed by atoms with Crippen LogP contribution < -0.4 is 5.32 Å². The highest BCUT2D eigenvalue weighted by atomic mass is 16.6. The second kappa shape index (κ2) is 6.82. The Balaban J connectivity index is 2.67. The lowest BCUT2D eigenvalue weighted by Gasteiger charge is -2.27. The first kappa shape index (κ1) is 17.7. The van der Waals surface area contributed by atoms with Crippen molar-refractivity contribution >= 4 is 5.97 Å². The molecule has 1 aliphatic rings. The topological polar surface area (TPSA) is 94.4 Å². The van der Waals surface area contributed by atoms with Gasteiger partial charge in [-0.2, -0.15) is 0 Å². The van der Waals surface area contributed by atoms with Crippen LogP contribution in [0.5, 0.6) is 0 Å². The van der Waals surface area contributed by atoms with Gasteiger partial charge in [0.15, 0.2) is 0 Å². The lowest BCUT2D eigenvalue weighted by molar-refractivity contribution is -0.431. The van der Waals surface area contributed by atoms with Gasteiger partial charge in [0.1, 0.15) is 5.92 Å². The van der Waals surface area contributed by atoms with Gasteiger partial charge in [-0.15, -0.1) is 0 Å². The molecule has 0 fully saturated rings. The summed E-state index contributed by atoms with van der Waals surface area (Å²) in [6, 6.07) is 3.57. The van der Waals surface area contributed by atoms with Crippen LogP contribution in [-0.4, -0.2) is 22.0 Å². The lowest BCUT2D eigenvalue weighted by Crippen LogP contribution is -2.33. The van der Waals surface area contributed by atoms with Gasteiger partial charge in [0.25, 0.3) is 5.70 Å². The Hall–Kier alpha value is -2.70. The molecule has 2 heterocycles. The van der Waals surface area contributed by atoms with Gasteiger partial charge in [-0.25, -0.2) is 4.79 Å². The molecule has 0 saturated heterocycles. The van der Waals surface area contributed by atoms with Crippen LogP contribution in [0.1, 0.15) is 44.9 Å². The predicted molar refractivity (Wildman–Crippen MR) is 88.5 cm³/mol. The molecule has 0 saturated carbocycles. The number of nitro groups is 1. The van der Waals surface area contributed by atoms with Crippen molar-refractivity contribution in [1.29, 1.82) is 0 Å². The molecule has 1 atom stereocenters. The standard InChI is InChI=1S/C17H21N3O4/c1-9(2)24-17(21)13-11(4)19-12(5)16(20(22)23)14(13)15-10(3)7-6-8-18-15/h6-9,14,19H,1-5H3/t14-/m0/s1. The first-order valence-corrected chi connectivity index (χ1v) is 7.69. The second-order valence-corrected chi connectivity index (χ2v) is 6.02. The summed E-state index contributed by atoms with van der Waals surface area (Å²) in [6.45, 7) is 8.62. The van der Waals surface area contributed by atoms with Crippen LogP contribution in [0.2, 0.25) is 0 Å². The number of nitrogens with one attached hydrogen (secondary N) is 1. The third kappa shape index (κ3) is 3.29. The molecule has 1 aromatic heterocycles. The summed E-state index contributed by atoms with van der Waals surface area (Å²) in [5.74, 6) is -1.44. The Morgan fingerprint density at radius 1 is 1.33 bits per heavy atom. The number of nitrogens with zero attached hydrogens (tertiary/aromatic N) is 2. The van der Waals surface area contributed by atoms with E-state index in [-0.39, 0.29) is 17.4 Å². The Morgan fingerprint density at radius 3 is 2.54 bits per heavy atom. The smallest absolute Gasteiger partial charge is 0.337 e. The molecule has 1 aromatic rings. The third-order valence-corrected chi connectivity index (χ3v) is 3.81. The Labute approximate surface area is 140 Å². The predicted octanol–water partition coefficient (Wildman–Crippen LogP) is 2.81. The Morgan fingerprint density at radius 2 is 2.00 bits per heavy atom. The van der Waals surface area contributed by atoms with Crippen molar-refractivity contribution in [3.8, 4) is 0 Å². The number of carbonyl (C=O) groups is 1. The lowest BCUT2D eigenvalue weighted by atomic mass is 9.85. The van der Waals surface area contributed by atoms with Crippen molar-refractivity contribution in [2.24, 2.45) is 0 Å². The minimum atomic E-state index is -0.867. The molecule has 0 bridgehead atoms. The van der Waals surface area contributed by atoms with Crippen LogP contribution in [0.4, 0.5) is 0 Å². The number of esters is 1. The summed E-state index contributed by atoms with van der Waals surface area (Å²) in [5, 5.41) is 14.6. The van der Waals surface area contributed by atoms with Crippen LogP contribution >= 0.6 is 0 Å². The first-order valence-electron chi connectivity index (χ1n) is 7.69. The van der Waals surface area contributed by atoms with E-state index in [1.807, 2.05) is 13.0 Å². The fraction of sp³-hybridized carbons (Fsp3) is 0.412. The number of allylic oxidation sites excluding steroid dienone is 3. The Kier molecular flexibility index (Phi) is 5.02. The van der Waals surface area contributed by atoms with Gasteiger partial charge in [0.2, 0.25) is 0 Å². The highest BCUT2D eigenvalue weighted by Gasteiger charge is 2.42. The van der Waals surface area contributed by atoms with Crippen LogP contribution in [0.3, 0.4) is 0 Å². The van der Waals surface area contributed by atoms with E-state index in [1.54, 1.807) is 40.0 Å². The summed E-state index contributed by atoms with van der Waals surface area (Å²) in [4.78, 5) is 28.1. The zero-order valence-electron chi connectivity index (χ0n) is 14.4. The molecular formula is C17H21N3O4. The maximum absolute atomic E-state index is 12.6. The number of hydrogen-bond donors (Lipinski definition) is 1. The second-order valence-electron chi connectivity index (χ2n) is 6.02. The maximum atomic E-state index is 12.6. The normalized spacial score (nSPS) is 17.8. The van der Waals surface area contributed by atoms with Gasteiger partial charge in [-0.05, 0) is 46.2 Å². The van der Waals surface area contributed by atoms with E-state index >= 15 is 0 Å². The van der Waals surface area contributed by atoms with Gasteiger partial charge < -0.3 is 10.1 Å². The number of pyridine rings is 1. The molecule has 128 valence electrons. The monoisotopic (exact) mass is 331 g/mol. The molecule has 7 nitrogen and oxygen atoms in total. The largest absolute Gasteiger partial charge is 0.460 e. The fourth-order valence-electron chi connectivity index (χ4n) is 2.84. The minimum absolute atomic E-state index is 0.0851. The SMILES string of the molecule is CC1=C(C(=O)OC(C)C)[C@@H](c2ncccc2C)C([N+](=O)[O-])=C(C)N1. The summed E-state index contributed by atoms with van der Waals surface area (Å²) in [7, 11) is 0. The third-order valence-electron chi connectivity index (χ3n) is 3.81. The molecule has 2 rings (SSSR count). The van der Waals surface area contributed by atoms with Crippen molar-refractivity contribution in [2.75, 3.05) is 0 Å². The summed E-state index contributed by atoms with van der Waals surface area (Å²) in [5.41, 5.74) is 2.34. The van der Waals surface area contributed by atoms with E-state index in [0.29, 0.717) is 17.1 Å². The molecule has 0 aromatic carbocycles. The maximum Gasteiger partial charge on any atom is 0.337 e. The molecule has 1 N–H and O–H groups in total. The Bertz CT molecular complexity index is 750. The zero-order valence-corrected chi connectivity index (χ0v) is 14.4. The first-order chi connectivity index (χ1) is 11.2. The number of ether oxygens (including phenoxy) is 1. The molecular weight excluding hydrogens is 310 g/mol. The van der Waals surface area contributed by atoms with Crippen LogP contribution in [0.25, 0.3) is 0 Å². The molecule has 0 aliphatic carbocycles. The van der Waals surface area contributed by atoms with Crippen LogP contribution in [0, 0.1) is 17.0 Å². The molecule has 1 aliphatic heterocycles. The number of hydrogen-bond acceptors (Lipinski definition) is 6. The van der Waals surface area contributed by atoms with E-state index in [2.05, 4.69) is 10.3 Å². The van der Waals surface area contributed by atoms with E-state index in [0.717, 1.165) is 5.56 Å². The van der Waals surface area contributed by atoms with Crippen molar-refractivity contribution < 1.29 is 14.5 Å². The quantitative estimate of drug-likeness (QED) is 0.518. The average molecular weight is 331 g/mol. The number of rotatable bonds is 4. The highest BCUT2D eigenvalue weighted by Crippen LogP contribution is 2.39. The van der Waals surface area contributed by atoms with Gasteiger partial charge >= 0.3 is 5.97 Å². The highest BCUT2D eigenvalue weighted by molar-refractivity contribution is 5.92. The molecule has 0 spiro atoms. The molecule has 0 radical (unpaired) electrons. The van der Waals surface area contributed by atoms with Crippen molar-refractivity contribution in [3.63, 3.8) is 0 Å². The van der Waals surface area contributed by atoms with Gasteiger partial charge in [0, 0.05) is 11.9 Å². The van der Waals surface area contributed by atoms with Gasteiger partial charge in [-0.1, -0.05) is 6.07 Å². The van der Waals surface area contributed by atoms with Gasteiger partial charge in [0.05, 0.1) is 28.0 Å². The van der Waals surface area contributed by atoms with E-state index in [4.69, 9.17) is 4.74 Å². The van der Waals surface area contributed by atoms with E-state index < -0.39 is 16.8 Å². The van der Waals surface area contributed by atoms with Crippen LogP contribution in [0.15, 0.2) is 41.0 Å². The number of carbonyl (C=O) groups excluding carboxylic acids is 1. The summed E-state index contributed by atoms with van der Waals surface area (Å²) in [6.07, 6.45) is 1.24. The minimum Gasteiger partial charge on any atom is -0.460 e. The van der Waals surface area contributed by atoms with E-state index in [9.17, 15) is 14.9 Å². The molecule has 0 amide bonds. The molecule has 24 heavy (non-hydrogen) atoms. The van der Waals surface area contributed by atoms with Crippen molar-refractivity contribution in [2.45, 2.75) is 46.6 Å². The van der Waals surface area contributed by atoms with Crippen LogP contribution in [-0.2, 0) is 9.53 Å². The molecule has 0 unspecified atom stereocenters. The molecule has 7 heteroatoms. The summed E-state index contributed by atoms with van der Waals surface area (Å²) >= 11 is 0. The average Bonchev–Trinajstić information content (AvgIpc) is 2.45. The number of aryl methyl sites for hydroxylation is 1. The van der Waals surface area contributed by atoms with Crippen molar-refractivity contribution in [1.82, 2.24) is 10.3 Å². The van der Waals surface area contributed by atoms with Crippen molar-refractivity contribution in [3.05, 3.63) is 62.4 Å². The zero-order chi connectivity index (χ0) is 18.0. The number of dihydropyridines is 1. The van der Waals surface area contributed by atoms with E-state index in [1.165, 1.54) is 0 Å². The fourth-order valence-corrected chi connectivity index (χ4v) is 2.84. The summed E-state index contributed by atoms with van der Waals surface area (Å²) < 4.78 is 5.31. The van der Waals surface area contributed by atoms with Gasteiger partial charge in [-0.3, -0.25) is 15.1 Å². The number of aromatic nitrogens is 1.